The van der Waals surface area contributed by atoms with Gasteiger partial charge in [-0.25, -0.2) is 0 Å². The summed E-state index contributed by atoms with van der Waals surface area (Å²) < 4.78 is 1.18. The van der Waals surface area contributed by atoms with E-state index in [2.05, 4.69) is 51.2 Å². The summed E-state index contributed by atoms with van der Waals surface area (Å²) in [6.45, 7) is 6.22. The standard InChI is InChI=1S/C35H41Cl2N2O4/c1-41-43-42-30-10-5-7-27(23-30)24-33(40)38-18-6-13-35(26-38,29-11-12-31(36)32(37)25-29)17-22-39-19-14-34(15-20-39,16-21-39)28-8-3-2-4-9-28/h2-5,7-12,23,25H,6,13-22,24,26H2,1H3/q+1/t34?,35-,39?/m1/s1. The van der Waals surface area contributed by atoms with Crippen molar-refractivity contribution in [2.45, 2.75) is 55.8 Å². The van der Waals surface area contributed by atoms with Crippen LogP contribution in [-0.2, 0) is 32.0 Å². The summed E-state index contributed by atoms with van der Waals surface area (Å²) in [6, 6.07) is 24.6. The molecule has 2 bridgehead atoms. The molecule has 0 saturated carbocycles. The third-order valence-electron chi connectivity index (χ3n) is 10.6. The van der Waals surface area contributed by atoms with Crippen LogP contribution in [0.5, 0.6) is 5.75 Å². The Morgan fingerprint density at radius 2 is 1.65 bits per heavy atom. The molecular weight excluding hydrogens is 583 g/mol. The highest BCUT2D eigenvalue weighted by molar-refractivity contribution is 6.42. The second kappa shape index (κ2) is 12.8. The third-order valence-corrected chi connectivity index (χ3v) is 11.3. The summed E-state index contributed by atoms with van der Waals surface area (Å²) in [5.74, 6) is 0.605. The molecule has 0 N–H and O–H groups in total. The maximum absolute atomic E-state index is 13.7. The molecule has 7 rings (SSSR count). The normalized spacial score (nSPS) is 26.8. The Morgan fingerprint density at radius 1 is 0.884 bits per heavy atom. The summed E-state index contributed by atoms with van der Waals surface area (Å²) in [5.41, 5.74) is 3.75. The fourth-order valence-corrected chi connectivity index (χ4v) is 8.20. The number of piperidine rings is 4. The summed E-state index contributed by atoms with van der Waals surface area (Å²) in [6.07, 6.45) is 7.04. The predicted octanol–water partition coefficient (Wildman–Crippen LogP) is 7.31. The summed E-state index contributed by atoms with van der Waals surface area (Å²) in [4.78, 5) is 25.4. The molecule has 3 aromatic rings. The van der Waals surface area contributed by atoms with Crippen LogP contribution in [0.15, 0.2) is 72.8 Å². The Labute approximate surface area is 264 Å². The lowest BCUT2D eigenvalue weighted by atomic mass is 9.65. The number of carbonyl (C=O) groups is 1. The molecule has 1 amide bonds. The highest BCUT2D eigenvalue weighted by Gasteiger charge is 2.51. The van der Waals surface area contributed by atoms with Crippen molar-refractivity contribution in [1.29, 1.82) is 0 Å². The number of hydrogen-bond donors (Lipinski definition) is 0. The van der Waals surface area contributed by atoms with Crippen molar-refractivity contribution in [2.24, 2.45) is 0 Å². The van der Waals surface area contributed by atoms with E-state index in [1.165, 1.54) is 61.6 Å². The maximum atomic E-state index is 13.7. The lowest BCUT2D eigenvalue weighted by Gasteiger charge is -2.56. The van der Waals surface area contributed by atoms with Gasteiger partial charge in [0.25, 0.3) is 0 Å². The van der Waals surface area contributed by atoms with Crippen molar-refractivity contribution >= 4 is 29.1 Å². The Bertz CT molecular complexity index is 1410. The Kier molecular flexibility index (Phi) is 9.04. The summed E-state index contributed by atoms with van der Waals surface area (Å²) in [5, 5.41) is 5.74. The molecule has 4 saturated heterocycles. The molecule has 228 valence electrons. The highest BCUT2D eigenvalue weighted by atomic mass is 35.5. The molecule has 3 aromatic carbocycles. The average molecular weight is 625 g/mol. The van der Waals surface area contributed by atoms with Crippen LogP contribution in [0.4, 0.5) is 0 Å². The smallest absolute Gasteiger partial charge is 0.227 e. The van der Waals surface area contributed by atoms with Gasteiger partial charge in [-0.2, -0.15) is 4.89 Å². The largest absolute Gasteiger partial charge is 0.342 e. The highest BCUT2D eigenvalue weighted by Crippen LogP contribution is 2.48. The van der Waals surface area contributed by atoms with Gasteiger partial charge in [0.2, 0.25) is 5.91 Å². The van der Waals surface area contributed by atoms with Crippen molar-refractivity contribution in [3.8, 4) is 5.75 Å². The number of carbonyl (C=O) groups excluding carboxylic acids is 1. The molecule has 0 aromatic heterocycles. The zero-order chi connectivity index (χ0) is 29.9. The lowest BCUT2D eigenvalue weighted by Crippen LogP contribution is -2.64. The Hall–Kier alpha value is -2.61. The van der Waals surface area contributed by atoms with Crippen LogP contribution in [0.25, 0.3) is 0 Å². The molecule has 6 nitrogen and oxygen atoms in total. The van der Waals surface area contributed by atoms with E-state index in [4.69, 9.17) is 28.1 Å². The van der Waals surface area contributed by atoms with Crippen LogP contribution in [0, 0.1) is 0 Å². The molecule has 43 heavy (non-hydrogen) atoms. The molecule has 4 fully saturated rings. The molecule has 1 atom stereocenters. The van der Waals surface area contributed by atoms with Gasteiger partial charge in [-0.1, -0.05) is 71.7 Å². The van der Waals surface area contributed by atoms with E-state index in [0.29, 0.717) is 34.2 Å². The van der Waals surface area contributed by atoms with Gasteiger partial charge in [-0.3, -0.25) is 4.79 Å². The number of halogens is 2. The van der Waals surface area contributed by atoms with Gasteiger partial charge in [0.15, 0.2) is 5.75 Å². The second-order valence-corrected chi connectivity index (χ2v) is 13.7. The number of benzene rings is 3. The number of likely N-dealkylation sites (tertiary alicyclic amines) is 1. The third kappa shape index (κ3) is 6.45. The number of hydrogen-bond acceptors (Lipinski definition) is 4. The SMILES string of the molecule is COOOc1cccc(CC(=O)N2CCC[C@](CC[N+]34CCC(c5ccccc5)(CC3)CC4)(c3ccc(Cl)c(Cl)c3)C2)c1. The first-order chi connectivity index (χ1) is 20.8. The van der Waals surface area contributed by atoms with Gasteiger partial charge in [-0.15, -0.1) is 0 Å². The Morgan fingerprint density at radius 3 is 2.37 bits per heavy atom. The molecule has 4 aliphatic heterocycles. The minimum atomic E-state index is -0.169. The van der Waals surface area contributed by atoms with E-state index in [9.17, 15) is 4.79 Å². The van der Waals surface area contributed by atoms with Crippen molar-refractivity contribution in [3.05, 3.63) is 99.5 Å². The molecular formula is C35H41Cl2N2O4+. The molecule has 8 heteroatoms. The van der Waals surface area contributed by atoms with Gasteiger partial charge < -0.3 is 14.3 Å². The van der Waals surface area contributed by atoms with E-state index in [1.807, 2.05) is 30.3 Å². The number of quaternary nitrogens is 1. The van der Waals surface area contributed by atoms with E-state index < -0.39 is 0 Å². The fraction of sp³-hybridized carbons (Fsp3) is 0.457. The van der Waals surface area contributed by atoms with E-state index >= 15 is 0 Å². The van der Waals surface area contributed by atoms with Gasteiger partial charge in [0.05, 0.1) is 49.8 Å². The number of rotatable bonds is 10. The quantitative estimate of drug-likeness (QED) is 0.135. The van der Waals surface area contributed by atoms with Crippen molar-refractivity contribution < 1.29 is 24.1 Å². The number of nitrogens with zero attached hydrogens (tertiary/aromatic N) is 2. The lowest BCUT2D eigenvalue weighted by molar-refractivity contribution is -0.944. The van der Waals surface area contributed by atoms with Crippen LogP contribution in [0.3, 0.4) is 0 Å². The van der Waals surface area contributed by atoms with Crippen LogP contribution >= 0.6 is 23.2 Å². The minimum absolute atomic E-state index is 0.115. The summed E-state index contributed by atoms with van der Waals surface area (Å²) >= 11 is 13.0. The Balaban J connectivity index is 1.19. The van der Waals surface area contributed by atoms with E-state index in [-0.39, 0.29) is 11.3 Å². The van der Waals surface area contributed by atoms with Crippen molar-refractivity contribution in [1.82, 2.24) is 4.90 Å². The number of amides is 1. The van der Waals surface area contributed by atoms with E-state index in [1.54, 1.807) is 6.07 Å². The minimum Gasteiger partial charge on any atom is -0.342 e. The first-order valence-corrected chi connectivity index (χ1v) is 16.2. The molecule has 0 unspecified atom stereocenters. The topological polar surface area (TPSA) is 48.0 Å². The second-order valence-electron chi connectivity index (χ2n) is 12.9. The van der Waals surface area contributed by atoms with Crippen molar-refractivity contribution in [2.75, 3.05) is 46.4 Å². The monoisotopic (exact) mass is 623 g/mol. The zero-order valence-electron chi connectivity index (χ0n) is 24.9. The number of fused-ring (bicyclic) bond motifs is 3. The van der Waals surface area contributed by atoms with Gasteiger partial charge in [0, 0.05) is 49.6 Å². The average Bonchev–Trinajstić information content (AvgIpc) is 3.06. The zero-order valence-corrected chi connectivity index (χ0v) is 26.4. The van der Waals surface area contributed by atoms with Crippen LogP contribution < -0.4 is 4.89 Å². The predicted molar refractivity (Wildman–Crippen MR) is 169 cm³/mol. The van der Waals surface area contributed by atoms with E-state index in [0.717, 1.165) is 37.9 Å². The van der Waals surface area contributed by atoms with Crippen LogP contribution in [-0.4, -0.2) is 61.7 Å². The molecule has 0 aliphatic carbocycles. The van der Waals surface area contributed by atoms with Crippen LogP contribution in [0.1, 0.15) is 55.2 Å². The molecule has 0 radical (unpaired) electrons. The van der Waals surface area contributed by atoms with Crippen LogP contribution in [0.2, 0.25) is 10.0 Å². The van der Waals surface area contributed by atoms with Gasteiger partial charge in [-0.05, 0) is 58.8 Å². The first kappa shape index (κ1) is 30.4. The maximum Gasteiger partial charge on any atom is 0.227 e. The molecule has 4 aliphatic rings. The fourth-order valence-electron chi connectivity index (χ4n) is 7.90. The van der Waals surface area contributed by atoms with Gasteiger partial charge >= 0.3 is 0 Å². The molecule has 0 spiro atoms. The molecule has 4 heterocycles. The summed E-state index contributed by atoms with van der Waals surface area (Å²) in [7, 11) is 1.38. The van der Waals surface area contributed by atoms with Crippen molar-refractivity contribution in [3.63, 3.8) is 0 Å². The van der Waals surface area contributed by atoms with Gasteiger partial charge in [0.1, 0.15) is 0 Å². The first-order valence-electron chi connectivity index (χ1n) is 15.4.